The van der Waals surface area contributed by atoms with E-state index >= 15 is 0 Å². The molecule has 1 rings (SSSR count). The molecule has 1 saturated heterocycles. The number of ether oxygens (including phenoxy) is 2. The van der Waals surface area contributed by atoms with Crippen LogP contribution >= 0.6 is 0 Å². The third kappa shape index (κ3) is 5.45. The van der Waals surface area contributed by atoms with E-state index in [0.717, 1.165) is 6.54 Å². The van der Waals surface area contributed by atoms with Crippen LogP contribution in [0.15, 0.2) is 0 Å². The van der Waals surface area contributed by atoms with Gasteiger partial charge in [0.25, 0.3) is 0 Å². The van der Waals surface area contributed by atoms with Crippen LogP contribution in [0.2, 0.25) is 0 Å². The first-order valence-corrected chi connectivity index (χ1v) is 6.22. The van der Waals surface area contributed by atoms with Gasteiger partial charge < -0.3 is 19.7 Å². The third-order valence-corrected chi connectivity index (χ3v) is 2.83. The van der Waals surface area contributed by atoms with Crippen LogP contribution < -0.4 is 5.32 Å². The second kappa shape index (κ2) is 8.86. The minimum Gasteiger partial charge on any atom is -0.383 e. The molecule has 1 N–H and O–H groups in total. The Morgan fingerprint density at radius 1 is 1.61 bits per heavy atom. The van der Waals surface area contributed by atoms with E-state index in [1.54, 1.807) is 12.0 Å². The molecular formula is C12H21N3O3. The molecule has 6 heteroatoms. The first kappa shape index (κ1) is 14.9. The zero-order chi connectivity index (χ0) is 13.2. The summed E-state index contributed by atoms with van der Waals surface area (Å²) in [5.74, 6) is 0.0466. The Morgan fingerprint density at radius 2 is 2.44 bits per heavy atom. The molecule has 1 aliphatic heterocycles. The van der Waals surface area contributed by atoms with Crippen molar-refractivity contribution in [1.82, 2.24) is 10.2 Å². The zero-order valence-corrected chi connectivity index (χ0v) is 10.9. The summed E-state index contributed by atoms with van der Waals surface area (Å²) in [6, 6.07) is 2.14. The average molecular weight is 255 g/mol. The molecule has 18 heavy (non-hydrogen) atoms. The quantitative estimate of drug-likeness (QED) is 0.679. The van der Waals surface area contributed by atoms with Crippen LogP contribution in [0, 0.1) is 11.3 Å². The molecule has 0 saturated carbocycles. The normalized spacial score (nSPS) is 19.2. The maximum absolute atomic E-state index is 12.1. The first-order chi connectivity index (χ1) is 8.77. The zero-order valence-electron chi connectivity index (χ0n) is 10.9. The summed E-state index contributed by atoms with van der Waals surface area (Å²) < 4.78 is 10.3. The van der Waals surface area contributed by atoms with Gasteiger partial charge in [-0.1, -0.05) is 0 Å². The molecule has 1 fully saturated rings. The predicted octanol–water partition coefficient (Wildman–Crippen LogP) is -0.246. The van der Waals surface area contributed by atoms with Gasteiger partial charge in [-0.2, -0.15) is 5.26 Å². The van der Waals surface area contributed by atoms with Crippen molar-refractivity contribution in [3.05, 3.63) is 0 Å². The molecule has 6 nitrogen and oxygen atoms in total. The van der Waals surface area contributed by atoms with Crippen LogP contribution in [0.1, 0.15) is 12.8 Å². The summed E-state index contributed by atoms with van der Waals surface area (Å²) >= 11 is 0. The number of methoxy groups -OCH3 is 1. The van der Waals surface area contributed by atoms with Gasteiger partial charge in [0, 0.05) is 39.2 Å². The number of nitrogens with one attached hydrogen (secondary N) is 1. The van der Waals surface area contributed by atoms with E-state index in [1.807, 2.05) is 0 Å². The smallest absolute Gasteiger partial charge is 0.224 e. The number of morpholine rings is 1. The van der Waals surface area contributed by atoms with Crippen molar-refractivity contribution in [3.63, 3.8) is 0 Å². The second-order valence-electron chi connectivity index (χ2n) is 4.21. The first-order valence-electron chi connectivity index (χ1n) is 6.22. The molecule has 0 aliphatic carbocycles. The van der Waals surface area contributed by atoms with Gasteiger partial charge in [0.15, 0.2) is 0 Å². The van der Waals surface area contributed by atoms with E-state index < -0.39 is 0 Å². The van der Waals surface area contributed by atoms with Crippen molar-refractivity contribution in [1.29, 1.82) is 5.26 Å². The van der Waals surface area contributed by atoms with Gasteiger partial charge in [0.1, 0.15) is 0 Å². The van der Waals surface area contributed by atoms with Crippen molar-refractivity contribution in [2.75, 3.05) is 46.6 Å². The van der Waals surface area contributed by atoms with Crippen LogP contribution in [-0.2, 0) is 14.3 Å². The summed E-state index contributed by atoms with van der Waals surface area (Å²) in [6.45, 7) is 3.55. The molecule has 0 aromatic heterocycles. The average Bonchev–Trinajstić information content (AvgIpc) is 2.40. The minimum absolute atomic E-state index is 0.0466. The molecular weight excluding hydrogens is 234 g/mol. The van der Waals surface area contributed by atoms with Crippen LogP contribution in [0.5, 0.6) is 0 Å². The molecule has 0 aromatic rings. The Kier molecular flexibility index (Phi) is 7.34. The maximum Gasteiger partial charge on any atom is 0.224 e. The summed E-state index contributed by atoms with van der Waals surface area (Å²) in [6.07, 6.45) is 0.763. The Hall–Kier alpha value is -1.16. The molecule has 1 atom stereocenters. The maximum atomic E-state index is 12.1. The van der Waals surface area contributed by atoms with Crippen LogP contribution in [0.3, 0.4) is 0 Å². The lowest BCUT2D eigenvalue weighted by Crippen LogP contribution is -2.45. The molecule has 1 amide bonds. The van der Waals surface area contributed by atoms with Crippen LogP contribution in [0.25, 0.3) is 0 Å². The molecule has 0 aromatic carbocycles. The molecule has 1 aliphatic rings. The number of amides is 1. The summed E-state index contributed by atoms with van der Waals surface area (Å²) in [5, 5.41) is 11.8. The number of rotatable bonds is 7. The standard InChI is InChI=1S/C12H21N3O3/c1-17-8-6-15(5-2-3-13)12(16)9-11-10-18-7-4-14-11/h11,14H,2,4-10H2,1H3. The number of nitrogens with zero attached hydrogens (tertiary/aromatic N) is 2. The van der Waals surface area contributed by atoms with E-state index in [4.69, 9.17) is 14.7 Å². The van der Waals surface area contributed by atoms with Gasteiger partial charge in [-0.25, -0.2) is 0 Å². The fraction of sp³-hybridized carbons (Fsp3) is 0.833. The van der Waals surface area contributed by atoms with Gasteiger partial charge >= 0.3 is 0 Å². The Morgan fingerprint density at radius 3 is 3.06 bits per heavy atom. The molecule has 1 heterocycles. The van der Waals surface area contributed by atoms with E-state index in [2.05, 4.69) is 11.4 Å². The van der Waals surface area contributed by atoms with Crippen molar-refractivity contribution in [2.45, 2.75) is 18.9 Å². The highest BCUT2D eigenvalue weighted by atomic mass is 16.5. The highest BCUT2D eigenvalue weighted by Gasteiger charge is 2.20. The van der Waals surface area contributed by atoms with Crippen molar-refractivity contribution in [2.24, 2.45) is 0 Å². The lowest BCUT2D eigenvalue weighted by molar-refractivity contribution is -0.133. The van der Waals surface area contributed by atoms with Crippen molar-refractivity contribution in [3.8, 4) is 6.07 Å². The SMILES string of the molecule is COCCN(CCC#N)C(=O)CC1COCCN1. The summed E-state index contributed by atoms with van der Waals surface area (Å²) in [7, 11) is 1.60. The van der Waals surface area contributed by atoms with Gasteiger partial charge in [-0.05, 0) is 0 Å². The largest absolute Gasteiger partial charge is 0.383 e. The van der Waals surface area contributed by atoms with Gasteiger partial charge in [-0.15, -0.1) is 0 Å². The molecule has 0 spiro atoms. The number of nitriles is 1. The van der Waals surface area contributed by atoms with Crippen LogP contribution in [0.4, 0.5) is 0 Å². The fourth-order valence-electron chi connectivity index (χ4n) is 1.84. The molecule has 0 bridgehead atoms. The number of hydrogen-bond acceptors (Lipinski definition) is 5. The third-order valence-electron chi connectivity index (χ3n) is 2.83. The van der Waals surface area contributed by atoms with Crippen LogP contribution in [-0.4, -0.2) is 63.4 Å². The Labute approximate surface area is 108 Å². The Bertz CT molecular complexity index is 285. The molecule has 0 radical (unpaired) electrons. The van der Waals surface area contributed by atoms with Gasteiger partial charge in [0.2, 0.25) is 5.91 Å². The molecule has 1 unspecified atom stereocenters. The number of carbonyl (C=O) groups excluding carboxylic acids is 1. The van der Waals surface area contributed by atoms with Crippen molar-refractivity contribution >= 4 is 5.91 Å². The molecule has 102 valence electrons. The van der Waals surface area contributed by atoms with E-state index in [0.29, 0.717) is 45.8 Å². The van der Waals surface area contributed by atoms with E-state index in [-0.39, 0.29) is 11.9 Å². The highest BCUT2D eigenvalue weighted by Crippen LogP contribution is 2.03. The highest BCUT2D eigenvalue weighted by molar-refractivity contribution is 5.76. The van der Waals surface area contributed by atoms with Gasteiger partial charge in [-0.3, -0.25) is 4.79 Å². The predicted molar refractivity (Wildman–Crippen MR) is 65.9 cm³/mol. The lowest BCUT2D eigenvalue weighted by Gasteiger charge is -2.27. The monoisotopic (exact) mass is 255 g/mol. The number of hydrogen-bond donors (Lipinski definition) is 1. The van der Waals surface area contributed by atoms with Crippen molar-refractivity contribution < 1.29 is 14.3 Å². The van der Waals surface area contributed by atoms with E-state index in [9.17, 15) is 4.79 Å². The lowest BCUT2D eigenvalue weighted by atomic mass is 10.1. The Balaban J connectivity index is 2.38. The minimum atomic E-state index is 0.0466. The topological polar surface area (TPSA) is 74.6 Å². The van der Waals surface area contributed by atoms with Gasteiger partial charge in [0.05, 0.1) is 32.3 Å². The van der Waals surface area contributed by atoms with E-state index in [1.165, 1.54) is 0 Å². The second-order valence-corrected chi connectivity index (χ2v) is 4.21. The summed E-state index contributed by atoms with van der Waals surface area (Å²) in [4.78, 5) is 13.8. The summed E-state index contributed by atoms with van der Waals surface area (Å²) in [5.41, 5.74) is 0. The number of carbonyl (C=O) groups is 1. The fourth-order valence-corrected chi connectivity index (χ4v) is 1.84.